The number of thiophene rings is 1. The molecule has 1 fully saturated rings. The molecule has 0 saturated carbocycles. The molecule has 2 atom stereocenters. The summed E-state index contributed by atoms with van der Waals surface area (Å²) in [5.41, 5.74) is 0.248. The van der Waals surface area contributed by atoms with Crippen molar-refractivity contribution in [2.45, 2.75) is 30.5 Å². The number of fused-ring (bicyclic) bond motifs is 1. The Kier molecular flexibility index (Phi) is 8.57. The highest BCUT2D eigenvalue weighted by Gasteiger charge is 2.66. The van der Waals surface area contributed by atoms with Gasteiger partial charge in [0.05, 0.1) is 6.42 Å². The predicted octanol–water partition coefficient (Wildman–Crippen LogP) is 3.81. The van der Waals surface area contributed by atoms with Crippen LogP contribution >= 0.6 is 23.1 Å². The summed E-state index contributed by atoms with van der Waals surface area (Å²) >= 11 is 2.74. The van der Waals surface area contributed by atoms with E-state index >= 15 is 0 Å². The SMILES string of the molecule is COC1(NC(=O)Cc2cccs2)C(=O)N2C(C(=O)OC(c3ccccc3)c3ccccc3)=C(COC(C)=O)CS[C@@H]21. The minimum absolute atomic E-state index is 0.0166. The Labute approximate surface area is 245 Å². The number of ether oxygens (including phenoxy) is 3. The van der Waals surface area contributed by atoms with Crippen LogP contribution in [-0.4, -0.2) is 59.2 Å². The summed E-state index contributed by atoms with van der Waals surface area (Å²) in [6.07, 6.45) is -0.666. The summed E-state index contributed by atoms with van der Waals surface area (Å²) in [6.45, 7) is 1.08. The lowest BCUT2D eigenvalue weighted by Crippen LogP contribution is -2.80. The van der Waals surface area contributed by atoms with Gasteiger partial charge in [0.15, 0.2) is 6.10 Å². The third-order valence-electron chi connectivity index (χ3n) is 6.74. The van der Waals surface area contributed by atoms with Crippen molar-refractivity contribution in [1.29, 1.82) is 0 Å². The van der Waals surface area contributed by atoms with Crippen LogP contribution in [0, 0.1) is 0 Å². The quantitative estimate of drug-likeness (QED) is 0.215. The molecule has 41 heavy (non-hydrogen) atoms. The number of esters is 2. The second-order valence-electron chi connectivity index (χ2n) is 9.42. The van der Waals surface area contributed by atoms with Gasteiger partial charge in [-0.2, -0.15) is 0 Å². The van der Waals surface area contributed by atoms with Crippen molar-refractivity contribution < 1.29 is 33.4 Å². The van der Waals surface area contributed by atoms with E-state index in [1.807, 2.05) is 78.2 Å². The fourth-order valence-corrected chi connectivity index (χ4v) is 6.92. The molecule has 11 heteroatoms. The molecule has 0 spiro atoms. The Bertz CT molecular complexity index is 1420. The molecular formula is C30H28N2O7S2. The maximum Gasteiger partial charge on any atom is 0.356 e. The van der Waals surface area contributed by atoms with E-state index in [0.29, 0.717) is 5.57 Å². The molecular weight excluding hydrogens is 564 g/mol. The number of carbonyl (C=O) groups is 4. The van der Waals surface area contributed by atoms with Crippen molar-refractivity contribution in [3.63, 3.8) is 0 Å². The van der Waals surface area contributed by atoms with E-state index in [1.54, 1.807) is 0 Å². The first-order chi connectivity index (χ1) is 19.8. The second-order valence-corrected chi connectivity index (χ2v) is 11.5. The van der Waals surface area contributed by atoms with E-state index in [9.17, 15) is 19.2 Å². The molecule has 5 rings (SSSR count). The van der Waals surface area contributed by atoms with E-state index < -0.39 is 35.0 Å². The summed E-state index contributed by atoms with van der Waals surface area (Å²) in [7, 11) is 1.35. The number of benzene rings is 2. The Morgan fingerprint density at radius 1 is 1.02 bits per heavy atom. The molecule has 2 amide bonds. The second kappa shape index (κ2) is 12.3. The molecule has 3 aromatic rings. The van der Waals surface area contributed by atoms with Crippen LogP contribution in [0.15, 0.2) is 89.4 Å². The predicted molar refractivity (Wildman–Crippen MR) is 153 cm³/mol. The first kappa shape index (κ1) is 28.6. The fourth-order valence-electron chi connectivity index (χ4n) is 4.80. The third kappa shape index (κ3) is 5.79. The molecule has 0 radical (unpaired) electrons. The van der Waals surface area contributed by atoms with Crippen molar-refractivity contribution in [2.75, 3.05) is 19.5 Å². The number of carbonyl (C=O) groups excluding carboxylic acids is 4. The summed E-state index contributed by atoms with van der Waals surface area (Å²) in [6, 6.07) is 22.2. The van der Waals surface area contributed by atoms with Crippen molar-refractivity contribution >= 4 is 46.9 Å². The van der Waals surface area contributed by atoms with E-state index in [1.165, 1.54) is 42.0 Å². The number of hydrogen-bond acceptors (Lipinski definition) is 9. The van der Waals surface area contributed by atoms with Gasteiger partial charge in [-0.05, 0) is 22.6 Å². The van der Waals surface area contributed by atoms with Gasteiger partial charge in [0.2, 0.25) is 5.91 Å². The highest BCUT2D eigenvalue weighted by Crippen LogP contribution is 2.47. The van der Waals surface area contributed by atoms with Gasteiger partial charge in [-0.25, -0.2) is 4.79 Å². The smallest absolute Gasteiger partial charge is 0.356 e. The molecule has 2 aromatic carbocycles. The minimum Gasteiger partial charge on any atom is -0.461 e. The highest BCUT2D eigenvalue weighted by atomic mass is 32.2. The number of methoxy groups -OCH3 is 1. The van der Waals surface area contributed by atoms with Gasteiger partial charge < -0.3 is 19.5 Å². The summed E-state index contributed by atoms with van der Waals surface area (Å²) < 4.78 is 16.9. The van der Waals surface area contributed by atoms with Crippen molar-refractivity contribution in [3.05, 3.63) is 105 Å². The number of nitrogens with zero attached hydrogens (tertiary/aromatic N) is 1. The Hall–Kier alpha value is -3.93. The Morgan fingerprint density at radius 3 is 2.24 bits per heavy atom. The Balaban J connectivity index is 1.45. The van der Waals surface area contributed by atoms with Crippen LogP contribution in [-0.2, 0) is 39.8 Å². The van der Waals surface area contributed by atoms with Crippen LogP contribution in [0.3, 0.4) is 0 Å². The van der Waals surface area contributed by atoms with Gasteiger partial charge in [0.25, 0.3) is 11.6 Å². The van der Waals surface area contributed by atoms with E-state index in [-0.39, 0.29) is 30.4 Å². The molecule has 1 N–H and O–H groups in total. The first-order valence-corrected chi connectivity index (χ1v) is 14.8. The Morgan fingerprint density at radius 2 is 1.68 bits per heavy atom. The lowest BCUT2D eigenvalue weighted by atomic mass is 9.97. The van der Waals surface area contributed by atoms with Gasteiger partial charge in [-0.1, -0.05) is 66.7 Å². The number of amides is 2. The molecule has 0 aliphatic carbocycles. The largest absolute Gasteiger partial charge is 0.461 e. The molecule has 1 saturated heterocycles. The van der Waals surface area contributed by atoms with Crippen molar-refractivity contribution in [2.24, 2.45) is 0 Å². The summed E-state index contributed by atoms with van der Waals surface area (Å²) in [5, 5.41) is 3.89. The average Bonchev–Trinajstić information content (AvgIpc) is 3.50. The highest BCUT2D eigenvalue weighted by molar-refractivity contribution is 8.00. The maximum absolute atomic E-state index is 13.9. The first-order valence-electron chi connectivity index (χ1n) is 12.8. The molecule has 2 aliphatic heterocycles. The zero-order valence-corrected chi connectivity index (χ0v) is 24.0. The van der Waals surface area contributed by atoms with Gasteiger partial charge in [-0.3, -0.25) is 19.3 Å². The number of nitrogens with one attached hydrogen (secondary N) is 1. The fraction of sp³-hybridized carbons (Fsp3) is 0.267. The lowest BCUT2D eigenvalue weighted by molar-refractivity contribution is -0.193. The van der Waals surface area contributed by atoms with Crippen molar-refractivity contribution in [3.8, 4) is 0 Å². The van der Waals surface area contributed by atoms with Crippen LogP contribution in [0.4, 0.5) is 0 Å². The van der Waals surface area contributed by atoms with E-state index in [0.717, 1.165) is 16.0 Å². The van der Waals surface area contributed by atoms with E-state index in [2.05, 4.69) is 5.32 Å². The zero-order valence-electron chi connectivity index (χ0n) is 22.4. The average molecular weight is 593 g/mol. The number of thioether (sulfide) groups is 1. The summed E-state index contributed by atoms with van der Waals surface area (Å²) in [4.78, 5) is 54.3. The summed E-state index contributed by atoms with van der Waals surface area (Å²) in [5.74, 6) is -2.02. The molecule has 9 nitrogen and oxygen atoms in total. The van der Waals surface area contributed by atoms with Crippen LogP contribution in [0.1, 0.15) is 29.0 Å². The number of rotatable bonds is 10. The zero-order chi connectivity index (χ0) is 29.0. The minimum atomic E-state index is -1.66. The van der Waals surface area contributed by atoms with Crippen LogP contribution < -0.4 is 5.32 Å². The third-order valence-corrected chi connectivity index (χ3v) is 8.99. The lowest BCUT2D eigenvalue weighted by Gasteiger charge is -2.56. The van der Waals surface area contributed by atoms with Crippen LogP contribution in [0.25, 0.3) is 0 Å². The van der Waals surface area contributed by atoms with Gasteiger partial charge in [0, 0.05) is 30.2 Å². The standard InChI is InChI=1S/C30H28N2O7S2/c1-19(33)38-17-22-18-41-29-30(37-2,31-24(34)16-23-14-9-15-40-23)28(36)32(29)25(22)27(35)39-26(20-10-5-3-6-11-20)21-12-7-4-8-13-21/h3-15,26,29H,16-18H2,1-2H3,(H,31,34)/t29-,30?/m1/s1. The topological polar surface area (TPSA) is 111 Å². The number of hydrogen-bond donors (Lipinski definition) is 1. The molecule has 1 aromatic heterocycles. The maximum atomic E-state index is 13.9. The number of β-lactam (4-membered cyclic amide) rings is 1. The van der Waals surface area contributed by atoms with Crippen molar-refractivity contribution in [1.82, 2.24) is 10.2 Å². The molecule has 212 valence electrons. The normalized spacial score (nSPS) is 19.8. The van der Waals surface area contributed by atoms with Gasteiger partial charge >= 0.3 is 11.9 Å². The van der Waals surface area contributed by atoms with Crippen LogP contribution in [0.2, 0.25) is 0 Å². The van der Waals surface area contributed by atoms with Gasteiger partial charge in [-0.15, -0.1) is 23.1 Å². The van der Waals surface area contributed by atoms with Crippen LogP contribution in [0.5, 0.6) is 0 Å². The molecule has 3 heterocycles. The molecule has 2 aliphatic rings. The van der Waals surface area contributed by atoms with Gasteiger partial charge in [0.1, 0.15) is 17.7 Å². The monoisotopic (exact) mass is 592 g/mol. The molecule has 1 unspecified atom stereocenters. The van der Waals surface area contributed by atoms with E-state index in [4.69, 9.17) is 14.2 Å². The molecule has 0 bridgehead atoms.